The van der Waals surface area contributed by atoms with E-state index < -0.39 is 17.5 Å². The Labute approximate surface area is 124 Å². The second kappa shape index (κ2) is 7.17. The molecule has 0 radical (unpaired) electrons. The topological polar surface area (TPSA) is 29.1 Å². The van der Waals surface area contributed by atoms with Crippen molar-refractivity contribution in [3.8, 4) is 0 Å². The highest BCUT2D eigenvalue weighted by Crippen LogP contribution is 2.17. The number of halogens is 3. The number of hydrogen-bond donors (Lipinski definition) is 1. The lowest BCUT2D eigenvalue weighted by atomic mass is 10.2. The Hall–Kier alpha value is -1.95. The molecule has 21 heavy (non-hydrogen) atoms. The lowest BCUT2D eigenvalue weighted by Gasteiger charge is -2.07. The second-order valence-corrected chi connectivity index (χ2v) is 5.24. The third kappa shape index (κ3) is 4.53. The van der Waals surface area contributed by atoms with E-state index in [1.165, 1.54) is 17.8 Å². The Morgan fingerprint density at radius 3 is 2.52 bits per heavy atom. The molecule has 1 N–H and O–H groups in total. The van der Waals surface area contributed by atoms with E-state index in [1.807, 2.05) is 0 Å². The van der Waals surface area contributed by atoms with Gasteiger partial charge in [0.15, 0.2) is 0 Å². The number of rotatable bonds is 5. The number of thioether (sulfide) groups is 1. The van der Waals surface area contributed by atoms with Crippen molar-refractivity contribution in [2.24, 2.45) is 0 Å². The van der Waals surface area contributed by atoms with Gasteiger partial charge in [-0.25, -0.2) is 13.2 Å². The van der Waals surface area contributed by atoms with Gasteiger partial charge in [0.25, 0.3) is 0 Å². The quantitative estimate of drug-likeness (QED) is 0.905. The van der Waals surface area contributed by atoms with Crippen LogP contribution in [0.3, 0.4) is 0 Å². The molecule has 0 aromatic heterocycles. The molecule has 0 saturated heterocycles. The maximum atomic E-state index is 13.4. The molecule has 6 heteroatoms. The molecule has 2 nitrogen and oxygen atoms in total. The fourth-order valence-corrected chi connectivity index (χ4v) is 2.46. The molecule has 0 unspecified atom stereocenters. The summed E-state index contributed by atoms with van der Waals surface area (Å²) in [6, 6.07) is 9.21. The predicted octanol–water partition coefficient (Wildman–Crippen LogP) is 3.98. The molecule has 0 heterocycles. The number of anilines is 1. The first kappa shape index (κ1) is 15.4. The average molecular weight is 311 g/mol. The molecule has 0 aliphatic heterocycles. The van der Waals surface area contributed by atoms with Crippen LogP contribution < -0.4 is 5.32 Å². The summed E-state index contributed by atoms with van der Waals surface area (Å²) in [5.41, 5.74) is 0.427. The SMILES string of the molecule is O=C(CSCc1ccccc1F)Nc1ccc(F)cc1F. The summed E-state index contributed by atoms with van der Waals surface area (Å²) >= 11 is 1.21. The van der Waals surface area contributed by atoms with Crippen LogP contribution in [0.5, 0.6) is 0 Å². The Morgan fingerprint density at radius 2 is 1.81 bits per heavy atom. The highest BCUT2D eigenvalue weighted by molar-refractivity contribution is 7.99. The van der Waals surface area contributed by atoms with Gasteiger partial charge >= 0.3 is 0 Å². The van der Waals surface area contributed by atoms with E-state index in [-0.39, 0.29) is 17.3 Å². The van der Waals surface area contributed by atoms with E-state index in [9.17, 15) is 18.0 Å². The molecule has 2 aromatic carbocycles. The van der Waals surface area contributed by atoms with E-state index in [1.54, 1.807) is 18.2 Å². The summed E-state index contributed by atoms with van der Waals surface area (Å²) in [6.07, 6.45) is 0. The summed E-state index contributed by atoms with van der Waals surface area (Å²) in [4.78, 5) is 11.6. The van der Waals surface area contributed by atoms with Gasteiger partial charge in [-0.3, -0.25) is 4.79 Å². The standard InChI is InChI=1S/C15H12F3NOS/c16-11-5-6-14(13(18)7-11)19-15(20)9-21-8-10-3-1-2-4-12(10)17/h1-7H,8-9H2,(H,19,20). The van der Waals surface area contributed by atoms with E-state index in [2.05, 4.69) is 5.32 Å². The predicted molar refractivity (Wildman–Crippen MR) is 77.5 cm³/mol. The van der Waals surface area contributed by atoms with E-state index in [0.29, 0.717) is 17.4 Å². The lowest BCUT2D eigenvalue weighted by molar-refractivity contribution is -0.113. The van der Waals surface area contributed by atoms with Gasteiger partial charge in [0.1, 0.15) is 17.5 Å². The maximum absolute atomic E-state index is 13.4. The van der Waals surface area contributed by atoms with Crippen LogP contribution in [0.2, 0.25) is 0 Å². The molecular formula is C15H12F3NOS. The minimum atomic E-state index is -0.831. The van der Waals surface area contributed by atoms with Gasteiger partial charge in [-0.1, -0.05) is 18.2 Å². The Morgan fingerprint density at radius 1 is 1.05 bits per heavy atom. The summed E-state index contributed by atoms with van der Waals surface area (Å²) in [5.74, 6) is -1.91. The van der Waals surface area contributed by atoms with Crippen molar-refractivity contribution < 1.29 is 18.0 Å². The van der Waals surface area contributed by atoms with Gasteiger partial charge in [0.05, 0.1) is 11.4 Å². The number of nitrogens with one attached hydrogen (secondary N) is 1. The smallest absolute Gasteiger partial charge is 0.234 e. The number of carbonyl (C=O) groups is 1. The van der Waals surface area contributed by atoms with Crippen molar-refractivity contribution in [3.63, 3.8) is 0 Å². The van der Waals surface area contributed by atoms with Crippen LogP contribution in [0.1, 0.15) is 5.56 Å². The van der Waals surface area contributed by atoms with E-state index in [4.69, 9.17) is 0 Å². The van der Waals surface area contributed by atoms with Crippen molar-refractivity contribution in [1.29, 1.82) is 0 Å². The molecule has 0 aliphatic rings. The van der Waals surface area contributed by atoms with Crippen LogP contribution in [0.4, 0.5) is 18.9 Å². The minimum absolute atomic E-state index is 0.0468. The highest BCUT2D eigenvalue weighted by atomic mass is 32.2. The summed E-state index contributed by atoms with van der Waals surface area (Å²) in [5, 5.41) is 2.34. The van der Waals surface area contributed by atoms with Crippen LogP contribution >= 0.6 is 11.8 Å². The largest absolute Gasteiger partial charge is 0.323 e. The van der Waals surface area contributed by atoms with Crippen molar-refractivity contribution in [2.75, 3.05) is 11.1 Å². The number of hydrogen-bond acceptors (Lipinski definition) is 2. The monoisotopic (exact) mass is 311 g/mol. The molecule has 2 aromatic rings. The highest BCUT2D eigenvalue weighted by Gasteiger charge is 2.09. The molecule has 0 atom stereocenters. The molecule has 0 fully saturated rings. The Balaban J connectivity index is 1.84. The summed E-state index contributed by atoms with van der Waals surface area (Å²) in [6.45, 7) is 0. The molecule has 0 saturated carbocycles. The van der Waals surface area contributed by atoms with E-state index >= 15 is 0 Å². The third-order valence-corrected chi connectivity index (χ3v) is 3.64. The second-order valence-electron chi connectivity index (χ2n) is 4.26. The first-order valence-electron chi connectivity index (χ1n) is 6.12. The number of carbonyl (C=O) groups excluding carboxylic acids is 1. The van der Waals surface area contributed by atoms with Gasteiger partial charge < -0.3 is 5.32 Å². The summed E-state index contributed by atoms with van der Waals surface area (Å²) < 4.78 is 39.4. The van der Waals surface area contributed by atoms with Gasteiger partial charge in [-0.05, 0) is 23.8 Å². The molecule has 0 aliphatic carbocycles. The van der Waals surface area contributed by atoms with Crippen LogP contribution in [0.25, 0.3) is 0 Å². The van der Waals surface area contributed by atoms with Gasteiger partial charge in [-0.2, -0.15) is 0 Å². The average Bonchev–Trinajstić information content (AvgIpc) is 2.44. The lowest BCUT2D eigenvalue weighted by Crippen LogP contribution is -2.15. The Bertz CT molecular complexity index is 649. The number of benzene rings is 2. The normalized spacial score (nSPS) is 10.4. The molecule has 0 bridgehead atoms. The summed E-state index contributed by atoms with van der Waals surface area (Å²) in [7, 11) is 0. The molecule has 110 valence electrons. The first-order valence-corrected chi connectivity index (χ1v) is 7.28. The van der Waals surface area contributed by atoms with Gasteiger partial charge in [0, 0.05) is 11.8 Å². The number of amides is 1. The zero-order chi connectivity index (χ0) is 15.2. The van der Waals surface area contributed by atoms with Crippen LogP contribution in [0, 0.1) is 17.5 Å². The molecular weight excluding hydrogens is 299 g/mol. The van der Waals surface area contributed by atoms with Gasteiger partial charge in [-0.15, -0.1) is 11.8 Å². The van der Waals surface area contributed by atoms with Crippen molar-refractivity contribution >= 4 is 23.4 Å². The first-order chi connectivity index (χ1) is 10.1. The van der Waals surface area contributed by atoms with Crippen LogP contribution in [-0.2, 0) is 10.5 Å². The zero-order valence-electron chi connectivity index (χ0n) is 10.9. The van der Waals surface area contributed by atoms with Crippen molar-refractivity contribution in [3.05, 3.63) is 65.5 Å². The Kier molecular flexibility index (Phi) is 5.27. The van der Waals surface area contributed by atoms with Crippen molar-refractivity contribution in [1.82, 2.24) is 0 Å². The minimum Gasteiger partial charge on any atom is -0.323 e. The fourth-order valence-electron chi connectivity index (χ4n) is 1.65. The molecule has 2 rings (SSSR count). The molecule has 1 amide bonds. The fraction of sp³-hybridized carbons (Fsp3) is 0.133. The van der Waals surface area contributed by atoms with Crippen molar-refractivity contribution in [2.45, 2.75) is 5.75 Å². The zero-order valence-corrected chi connectivity index (χ0v) is 11.7. The molecule has 0 spiro atoms. The van der Waals surface area contributed by atoms with E-state index in [0.717, 1.165) is 12.1 Å². The van der Waals surface area contributed by atoms with Gasteiger partial charge in [0.2, 0.25) is 5.91 Å². The third-order valence-electron chi connectivity index (χ3n) is 2.65. The van der Waals surface area contributed by atoms with Crippen LogP contribution in [0.15, 0.2) is 42.5 Å². The maximum Gasteiger partial charge on any atom is 0.234 e. The van der Waals surface area contributed by atoms with Crippen LogP contribution in [-0.4, -0.2) is 11.7 Å².